The summed E-state index contributed by atoms with van der Waals surface area (Å²) < 4.78 is 35.8. The van der Waals surface area contributed by atoms with E-state index in [2.05, 4.69) is 28.4 Å². The van der Waals surface area contributed by atoms with Crippen LogP contribution in [0.5, 0.6) is 5.75 Å². The largest absolute Gasteiger partial charge is 0.495 e. The number of hydrogen-bond donors (Lipinski definition) is 1. The molecule has 0 amide bonds. The Labute approximate surface area is 227 Å². The maximum absolute atomic E-state index is 13.6. The number of methoxy groups -OCH3 is 1. The van der Waals surface area contributed by atoms with Crippen molar-refractivity contribution < 1.29 is 13.2 Å². The number of sulfonamides is 1. The first-order chi connectivity index (χ1) is 18.3. The van der Waals surface area contributed by atoms with Crippen molar-refractivity contribution in [3.05, 3.63) is 64.7 Å². The third-order valence-corrected chi connectivity index (χ3v) is 8.93. The highest BCUT2D eigenvalue weighted by Gasteiger charge is 2.30. The lowest BCUT2D eigenvalue weighted by molar-refractivity contribution is 0.343. The average molecular weight is 555 g/mol. The van der Waals surface area contributed by atoms with Crippen molar-refractivity contribution in [1.82, 2.24) is 23.9 Å². The van der Waals surface area contributed by atoms with Gasteiger partial charge in [0, 0.05) is 43.2 Å². The SMILES string of the molecule is CCc1cc(CNc2cc(Cl)nn3c(-c4ccc(OC)c(S(=O)(=O)N5CCCCC5)c4)c(C)nc23)ccn1. The van der Waals surface area contributed by atoms with Gasteiger partial charge in [-0.2, -0.15) is 9.40 Å². The molecule has 5 rings (SSSR count). The van der Waals surface area contributed by atoms with Crippen LogP contribution in [-0.2, 0) is 23.0 Å². The molecule has 0 aliphatic carbocycles. The van der Waals surface area contributed by atoms with Gasteiger partial charge in [-0.1, -0.05) is 24.9 Å². The van der Waals surface area contributed by atoms with E-state index in [9.17, 15) is 8.42 Å². The number of nitrogens with zero attached hydrogens (tertiary/aromatic N) is 5. The number of imidazole rings is 1. The number of anilines is 1. The van der Waals surface area contributed by atoms with Crippen molar-refractivity contribution in [2.75, 3.05) is 25.5 Å². The molecule has 1 N–H and O–H groups in total. The van der Waals surface area contributed by atoms with Crippen molar-refractivity contribution in [1.29, 1.82) is 0 Å². The van der Waals surface area contributed by atoms with Crippen LogP contribution in [-0.4, -0.2) is 52.5 Å². The number of aryl methyl sites for hydroxylation is 2. The van der Waals surface area contributed by atoms with Gasteiger partial charge in [-0.25, -0.2) is 17.9 Å². The summed E-state index contributed by atoms with van der Waals surface area (Å²) in [6.45, 7) is 5.53. The monoisotopic (exact) mass is 554 g/mol. The van der Waals surface area contributed by atoms with Crippen LogP contribution in [0.1, 0.15) is 43.1 Å². The van der Waals surface area contributed by atoms with Gasteiger partial charge in [0.25, 0.3) is 0 Å². The van der Waals surface area contributed by atoms with Crippen molar-refractivity contribution >= 4 is 33.0 Å². The smallest absolute Gasteiger partial charge is 0.246 e. The Bertz CT molecular complexity index is 1580. The van der Waals surface area contributed by atoms with E-state index >= 15 is 0 Å². The first kappa shape index (κ1) is 26.4. The lowest BCUT2D eigenvalue weighted by Crippen LogP contribution is -2.35. The zero-order chi connectivity index (χ0) is 26.9. The van der Waals surface area contributed by atoms with Crippen LogP contribution in [0, 0.1) is 6.92 Å². The number of aromatic nitrogens is 4. The van der Waals surface area contributed by atoms with E-state index in [1.165, 1.54) is 7.11 Å². The molecule has 200 valence electrons. The normalized spacial score (nSPS) is 14.6. The molecule has 1 aliphatic heterocycles. The molecule has 1 fully saturated rings. The number of nitrogens with one attached hydrogen (secondary N) is 1. The van der Waals surface area contributed by atoms with Gasteiger partial charge in [-0.3, -0.25) is 4.98 Å². The fourth-order valence-electron chi connectivity index (χ4n) is 4.86. The van der Waals surface area contributed by atoms with E-state index in [0.717, 1.165) is 42.6 Å². The van der Waals surface area contributed by atoms with Gasteiger partial charge < -0.3 is 10.1 Å². The third-order valence-electron chi connectivity index (χ3n) is 6.82. The van der Waals surface area contributed by atoms with Crippen LogP contribution >= 0.6 is 11.6 Å². The van der Waals surface area contributed by atoms with Gasteiger partial charge in [-0.05, 0) is 62.1 Å². The highest BCUT2D eigenvalue weighted by molar-refractivity contribution is 7.89. The molecule has 3 aromatic heterocycles. The molecule has 4 aromatic rings. The molecule has 0 bridgehead atoms. The fraction of sp³-hybridized carbons (Fsp3) is 0.370. The maximum atomic E-state index is 13.6. The molecule has 0 unspecified atom stereocenters. The average Bonchev–Trinajstić information content (AvgIpc) is 3.27. The molecule has 38 heavy (non-hydrogen) atoms. The third kappa shape index (κ3) is 5.08. The minimum Gasteiger partial charge on any atom is -0.495 e. The zero-order valence-electron chi connectivity index (χ0n) is 21.7. The Balaban J connectivity index is 1.56. The Hall–Kier alpha value is -3.21. The molecule has 0 radical (unpaired) electrons. The summed E-state index contributed by atoms with van der Waals surface area (Å²) >= 11 is 6.44. The van der Waals surface area contributed by atoms with E-state index < -0.39 is 10.0 Å². The van der Waals surface area contributed by atoms with Gasteiger partial charge >= 0.3 is 0 Å². The highest BCUT2D eigenvalue weighted by atomic mass is 35.5. The van der Waals surface area contributed by atoms with Gasteiger partial charge in [0.15, 0.2) is 10.8 Å². The second kappa shape index (κ2) is 10.9. The summed E-state index contributed by atoms with van der Waals surface area (Å²) in [5.41, 5.74) is 5.47. The fourth-order valence-corrected chi connectivity index (χ4v) is 6.74. The molecule has 1 aliphatic rings. The van der Waals surface area contributed by atoms with Gasteiger partial charge in [0.1, 0.15) is 10.6 Å². The summed E-state index contributed by atoms with van der Waals surface area (Å²) in [6, 6.07) is 10.9. The quantitative estimate of drug-likeness (QED) is 0.323. The standard InChI is InChI=1S/C27H31ClN6O3S/c1-4-21-14-19(10-11-29-21)17-30-22-16-25(28)32-34-26(18(2)31-27(22)34)20-8-9-23(37-3)24(15-20)38(35,36)33-12-6-5-7-13-33/h8-11,14-16,30H,4-7,12-13,17H2,1-3H3. The number of rotatable bonds is 8. The Morgan fingerprint density at radius 2 is 1.89 bits per heavy atom. The minimum atomic E-state index is -3.73. The summed E-state index contributed by atoms with van der Waals surface area (Å²) in [7, 11) is -2.25. The minimum absolute atomic E-state index is 0.138. The number of benzene rings is 1. The summed E-state index contributed by atoms with van der Waals surface area (Å²) in [5.74, 6) is 0.308. The predicted octanol–water partition coefficient (Wildman–Crippen LogP) is 5.11. The number of hydrogen-bond acceptors (Lipinski definition) is 7. The number of pyridine rings is 1. The van der Waals surface area contributed by atoms with Gasteiger partial charge in [0.2, 0.25) is 10.0 Å². The molecule has 1 saturated heterocycles. The van der Waals surface area contributed by atoms with Crippen molar-refractivity contribution in [2.24, 2.45) is 0 Å². The van der Waals surface area contributed by atoms with E-state index in [-0.39, 0.29) is 10.0 Å². The molecule has 1 aromatic carbocycles. The molecule has 0 atom stereocenters. The predicted molar refractivity (Wildman–Crippen MR) is 148 cm³/mol. The van der Waals surface area contributed by atoms with Gasteiger partial charge in [0.05, 0.1) is 24.2 Å². The number of halogens is 1. The Morgan fingerprint density at radius 3 is 2.63 bits per heavy atom. The van der Waals surface area contributed by atoms with Crippen LogP contribution in [0.25, 0.3) is 16.9 Å². The molecule has 4 heterocycles. The summed E-state index contributed by atoms with van der Waals surface area (Å²) in [5, 5.41) is 8.23. The highest BCUT2D eigenvalue weighted by Crippen LogP contribution is 2.35. The summed E-state index contributed by atoms with van der Waals surface area (Å²) in [6.07, 6.45) is 5.41. The Kier molecular flexibility index (Phi) is 7.56. The molecule has 9 nitrogen and oxygen atoms in total. The lowest BCUT2D eigenvalue weighted by Gasteiger charge is -2.26. The van der Waals surface area contributed by atoms with E-state index in [4.69, 9.17) is 21.3 Å². The van der Waals surface area contributed by atoms with Crippen LogP contribution < -0.4 is 10.1 Å². The van der Waals surface area contributed by atoms with E-state index in [1.807, 2.05) is 25.3 Å². The maximum Gasteiger partial charge on any atom is 0.246 e. The van der Waals surface area contributed by atoms with Crippen molar-refractivity contribution in [3.8, 4) is 17.0 Å². The first-order valence-electron chi connectivity index (χ1n) is 12.7. The van der Waals surface area contributed by atoms with Crippen LogP contribution in [0.3, 0.4) is 0 Å². The molecule has 0 saturated carbocycles. The van der Waals surface area contributed by atoms with Gasteiger partial charge in [-0.15, -0.1) is 0 Å². The first-order valence-corrected chi connectivity index (χ1v) is 14.6. The number of piperidine rings is 1. The topological polar surface area (TPSA) is 102 Å². The number of fused-ring (bicyclic) bond motifs is 1. The molecule has 11 heteroatoms. The molecular formula is C27H31ClN6O3S. The van der Waals surface area contributed by atoms with Crippen molar-refractivity contribution in [3.63, 3.8) is 0 Å². The van der Waals surface area contributed by atoms with E-state index in [0.29, 0.717) is 48.0 Å². The summed E-state index contributed by atoms with van der Waals surface area (Å²) in [4.78, 5) is 9.28. The second-order valence-electron chi connectivity index (χ2n) is 9.35. The van der Waals surface area contributed by atoms with Crippen LogP contribution in [0.4, 0.5) is 5.69 Å². The van der Waals surface area contributed by atoms with Crippen LogP contribution in [0.2, 0.25) is 5.15 Å². The van der Waals surface area contributed by atoms with Crippen LogP contribution in [0.15, 0.2) is 47.5 Å². The Morgan fingerprint density at radius 1 is 1.11 bits per heavy atom. The zero-order valence-corrected chi connectivity index (χ0v) is 23.3. The number of ether oxygens (including phenoxy) is 1. The lowest BCUT2D eigenvalue weighted by atomic mass is 10.1. The second-order valence-corrected chi connectivity index (χ2v) is 11.6. The van der Waals surface area contributed by atoms with Crippen molar-refractivity contribution in [2.45, 2.75) is 51.0 Å². The molecular weight excluding hydrogens is 524 g/mol. The van der Waals surface area contributed by atoms with E-state index in [1.54, 1.807) is 27.0 Å². The molecule has 0 spiro atoms.